The third-order valence-electron chi connectivity index (χ3n) is 2.39. The SMILES string of the molecule is Cc1sc(C=NNC(=O)Cc2ccc[nH+]c2)cc1Br. The first-order valence-corrected chi connectivity index (χ1v) is 7.29. The Bertz CT molecular complexity index is 576. The molecular weight excluding hydrogens is 326 g/mol. The molecule has 0 radical (unpaired) electrons. The molecule has 2 heterocycles. The molecule has 0 atom stereocenters. The Hall–Kier alpha value is -1.53. The Kier molecular flexibility index (Phi) is 4.81. The lowest BCUT2D eigenvalue weighted by molar-refractivity contribution is -0.378. The number of thiophene rings is 1. The largest absolute Gasteiger partial charge is 0.273 e. The molecule has 2 rings (SSSR count). The van der Waals surface area contributed by atoms with Gasteiger partial charge in [0, 0.05) is 25.9 Å². The van der Waals surface area contributed by atoms with Crippen LogP contribution in [0.4, 0.5) is 0 Å². The molecular formula is C13H13BrN3OS+. The van der Waals surface area contributed by atoms with Crippen LogP contribution < -0.4 is 10.4 Å². The highest BCUT2D eigenvalue weighted by atomic mass is 79.9. The predicted molar refractivity (Wildman–Crippen MR) is 79.2 cm³/mol. The van der Waals surface area contributed by atoms with Gasteiger partial charge in [0.2, 0.25) is 5.91 Å². The quantitative estimate of drug-likeness (QED) is 0.675. The number of H-pyrrole nitrogens is 1. The van der Waals surface area contributed by atoms with Gasteiger partial charge in [-0.1, -0.05) is 0 Å². The third-order valence-corrected chi connectivity index (χ3v) is 4.46. The summed E-state index contributed by atoms with van der Waals surface area (Å²) in [6.07, 6.45) is 5.55. The molecule has 0 aliphatic heterocycles. The molecule has 0 unspecified atom stereocenters. The molecule has 0 saturated heterocycles. The van der Waals surface area contributed by atoms with Gasteiger partial charge >= 0.3 is 0 Å². The minimum Gasteiger partial charge on any atom is -0.273 e. The Morgan fingerprint density at radius 1 is 1.63 bits per heavy atom. The highest BCUT2D eigenvalue weighted by Crippen LogP contribution is 2.24. The summed E-state index contributed by atoms with van der Waals surface area (Å²) in [4.78, 5) is 16.8. The topological polar surface area (TPSA) is 55.6 Å². The highest BCUT2D eigenvalue weighted by molar-refractivity contribution is 9.10. The highest BCUT2D eigenvalue weighted by Gasteiger charge is 2.04. The van der Waals surface area contributed by atoms with Gasteiger partial charge in [-0.15, -0.1) is 11.3 Å². The lowest BCUT2D eigenvalue weighted by Crippen LogP contribution is -2.20. The summed E-state index contributed by atoms with van der Waals surface area (Å²) in [5, 5.41) is 3.95. The number of aryl methyl sites for hydroxylation is 1. The number of hydrogen-bond acceptors (Lipinski definition) is 3. The van der Waals surface area contributed by atoms with Crippen LogP contribution in [0.15, 0.2) is 40.2 Å². The molecule has 0 aromatic carbocycles. The molecule has 98 valence electrons. The first-order valence-electron chi connectivity index (χ1n) is 5.68. The standard InChI is InChI=1S/C13H12BrN3OS/c1-9-12(14)6-11(19-9)8-16-17-13(18)5-10-3-2-4-15-7-10/h2-4,6-8H,5H2,1H3,(H,17,18)/p+1. The van der Waals surface area contributed by atoms with Crippen LogP contribution in [-0.4, -0.2) is 12.1 Å². The van der Waals surface area contributed by atoms with E-state index < -0.39 is 0 Å². The third kappa shape index (κ3) is 4.25. The predicted octanol–water partition coefficient (Wildman–Crippen LogP) is 2.33. The van der Waals surface area contributed by atoms with E-state index in [1.54, 1.807) is 29.9 Å². The Balaban J connectivity index is 1.87. The molecule has 0 fully saturated rings. The first kappa shape index (κ1) is 13.9. The van der Waals surface area contributed by atoms with E-state index in [-0.39, 0.29) is 5.91 Å². The summed E-state index contributed by atoms with van der Waals surface area (Å²) in [6, 6.07) is 5.72. The van der Waals surface area contributed by atoms with Crippen LogP contribution in [0.3, 0.4) is 0 Å². The van der Waals surface area contributed by atoms with Crippen molar-refractivity contribution in [2.75, 3.05) is 0 Å². The number of amides is 1. The summed E-state index contributed by atoms with van der Waals surface area (Å²) < 4.78 is 1.06. The van der Waals surface area contributed by atoms with Crippen molar-refractivity contribution < 1.29 is 9.78 Å². The van der Waals surface area contributed by atoms with Gasteiger partial charge in [-0.25, -0.2) is 10.4 Å². The summed E-state index contributed by atoms with van der Waals surface area (Å²) >= 11 is 5.06. The first-order chi connectivity index (χ1) is 9.15. The molecule has 0 aliphatic carbocycles. The van der Waals surface area contributed by atoms with Crippen LogP contribution in [0.25, 0.3) is 0 Å². The van der Waals surface area contributed by atoms with E-state index in [0.717, 1.165) is 14.9 Å². The summed E-state index contributed by atoms with van der Waals surface area (Å²) in [5.74, 6) is -0.136. The van der Waals surface area contributed by atoms with Gasteiger partial charge in [0.25, 0.3) is 0 Å². The molecule has 0 bridgehead atoms. The fraction of sp³-hybridized carbons (Fsp3) is 0.154. The second-order valence-electron chi connectivity index (χ2n) is 3.93. The second kappa shape index (κ2) is 6.58. The molecule has 2 N–H and O–H groups in total. The summed E-state index contributed by atoms with van der Waals surface area (Å²) in [5.41, 5.74) is 3.44. The number of hydrogen-bond donors (Lipinski definition) is 1. The van der Waals surface area contributed by atoms with E-state index in [0.29, 0.717) is 6.42 Å². The molecule has 0 spiro atoms. The second-order valence-corrected chi connectivity index (χ2v) is 6.08. The Morgan fingerprint density at radius 2 is 2.47 bits per heavy atom. The Labute approximate surface area is 123 Å². The molecule has 0 saturated carbocycles. The van der Waals surface area contributed by atoms with Gasteiger partial charge in [0.1, 0.15) is 0 Å². The van der Waals surface area contributed by atoms with Crippen LogP contribution in [0.5, 0.6) is 0 Å². The number of carbonyl (C=O) groups is 1. The monoisotopic (exact) mass is 338 g/mol. The van der Waals surface area contributed by atoms with E-state index in [9.17, 15) is 4.79 Å². The number of carbonyl (C=O) groups excluding carboxylic acids is 1. The zero-order valence-corrected chi connectivity index (χ0v) is 12.7. The fourth-order valence-electron chi connectivity index (χ4n) is 1.48. The molecule has 4 nitrogen and oxygen atoms in total. The number of rotatable bonds is 4. The van der Waals surface area contributed by atoms with E-state index >= 15 is 0 Å². The zero-order chi connectivity index (χ0) is 13.7. The molecule has 2 aromatic heterocycles. The van der Waals surface area contributed by atoms with Gasteiger partial charge in [0.15, 0.2) is 12.4 Å². The van der Waals surface area contributed by atoms with Gasteiger partial charge in [-0.2, -0.15) is 5.10 Å². The van der Waals surface area contributed by atoms with Crippen molar-refractivity contribution >= 4 is 39.4 Å². The maximum absolute atomic E-state index is 11.6. The number of nitrogens with zero attached hydrogens (tertiary/aromatic N) is 1. The van der Waals surface area contributed by atoms with Crippen LogP contribution in [0, 0.1) is 6.92 Å². The number of nitrogens with one attached hydrogen (secondary N) is 2. The van der Waals surface area contributed by atoms with Crippen LogP contribution in [0.2, 0.25) is 0 Å². The number of pyridine rings is 1. The van der Waals surface area contributed by atoms with Crippen LogP contribution >= 0.6 is 27.3 Å². The molecule has 1 amide bonds. The average Bonchev–Trinajstić information content (AvgIpc) is 2.70. The molecule has 2 aromatic rings. The van der Waals surface area contributed by atoms with Gasteiger partial charge in [-0.3, -0.25) is 4.79 Å². The normalized spacial score (nSPS) is 10.8. The van der Waals surface area contributed by atoms with Crippen molar-refractivity contribution in [1.82, 2.24) is 5.43 Å². The minimum absolute atomic E-state index is 0.136. The van der Waals surface area contributed by atoms with Gasteiger partial charge < -0.3 is 0 Å². The van der Waals surface area contributed by atoms with E-state index in [1.165, 1.54) is 4.88 Å². The van der Waals surface area contributed by atoms with Gasteiger partial charge in [-0.05, 0) is 35.0 Å². The maximum atomic E-state index is 11.6. The summed E-state index contributed by atoms with van der Waals surface area (Å²) in [7, 11) is 0. The van der Waals surface area contributed by atoms with Crippen molar-refractivity contribution in [3.8, 4) is 0 Å². The van der Waals surface area contributed by atoms with Crippen molar-refractivity contribution in [1.29, 1.82) is 0 Å². The summed E-state index contributed by atoms with van der Waals surface area (Å²) in [6.45, 7) is 2.02. The molecule has 6 heteroatoms. The van der Waals surface area contributed by atoms with Crippen molar-refractivity contribution in [2.24, 2.45) is 5.10 Å². The molecule has 19 heavy (non-hydrogen) atoms. The molecule has 0 aliphatic rings. The number of hydrazone groups is 1. The minimum atomic E-state index is -0.136. The van der Waals surface area contributed by atoms with Crippen LogP contribution in [0.1, 0.15) is 15.3 Å². The lowest BCUT2D eigenvalue weighted by Gasteiger charge is -1.97. The maximum Gasteiger partial charge on any atom is 0.244 e. The number of aromatic amines is 1. The Morgan fingerprint density at radius 3 is 3.11 bits per heavy atom. The number of halogens is 1. The zero-order valence-electron chi connectivity index (χ0n) is 10.3. The van der Waals surface area contributed by atoms with Gasteiger partial charge in [0.05, 0.1) is 12.6 Å². The van der Waals surface area contributed by atoms with Crippen LogP contribution in [-0.2, 0) is 11.2 Å². The lowest BCUT2D eigenvalue weighted by atomic mass is 10.2. The van der Waals surface area contributed by atoms with E-state index in [1.807, 2.05) is 25.1 Å². The van der Waals surface area contributed by atoms with E-state index in [2.05, 4.69) is 31.4 Å². The fourth-order valence-corrected chi connectivity index (χ4v) is 2.91. The van der Waals surface area contributed by atoms with Crippen molar-refractivity contribution in [3.05, 3.63) is 50.4 Å². The average molecular weight is 339 g/mol. The van der Waals surface area contributed by atoms with Crippen molar-refractivity contribution in [3.63, 3.8) is 0 Å². The van der Waals surface area contributed by atoms with E-state index in [4.69, 9.17) is 0 Å². The smallest absolute Gasteiger partial charge is 0.244 e. The number of aromatic nitrogens is 1. The van der Waals surface area contributed by atoms with Crippen molar-refractivity contribution in [2.45, 2.75) is 13.3 Å².